The van der Waals surface area contributed by atoms with E-state index in [0.29, 0.717) is 5.69 Å². The van der Waals surface area contributed by atoms with E-state index in [1.807, 2.05) is 0 Å². The van der Waals surface area contributed by atoms with Crippen LogP contribution in [0.15, 0.2) is 12.1 Å². The number of carbonyl (C=O) groups is 2. The molecule has 0 bridgehead atoms. The van der Waals surface area contributed by atoms with Crippen LogP contribution in [0.4, 0.5) is 10.1 Å². The molecule has 17 heavy (non-hydrogen) atoms. The Hall–Kier alpha value is -1.13. The maximum Gasteiger partial charge on any atom is 0.299 e. The Labute approximate surface area is 107 Å². The number of hydrogen-bond donors (Lipinski definition) is 0. The molecule has 1 heterocycles. The first-order chi connectivity index (χ1) is 8.07. The van der Waals surface area contributed by atoms with Crippen molar-refractivity contribution in [2.24, 2.45) is 0 Å². The van der Waals surface area contributed by atoms with Gasteiger partial charge in [-0.15, -0.1) is 0 Å². The Bertz CT molecular complexity index is 504. The van der Waals surface area contributed by atoms with Gasteiger partial charge in [-0.05, 0) is 18.6 Å². The molecule has 0 radical (unpaired) electrons. The fourth-order valence-corrected chi connectivity index (χ4v) is 2.28. The number of Topliss-reactive ketones (excluding diaryl/α,β-unsaturated/α-hetero) is 1. The average Bonchev–Trinajstić information content (AvgIpc) is 2.56. The van der Waals surface area contributed by atoms with Gasteiger partial charge < -0.3 is 4.90 Å². The van der Waals surface area contributed by atoms with Gasteiger partial charge in [0.2, 0.25) is 0 Å². The van der Waals surface area contributed by atoms with E-state index in [0.717, 1.165) is 0 Å². The molecule has 90 valence electrons. The summed E-state index contributed by atoms with van der Waals surface area (Å²) in [6, 6.07) is 2.98. The van der Waals surface area contributed by atoms with Crippen molar-refractivity contribution in [3.63, 3.8) is 0 Å². The molecular weight excluding hydrogens is 268 g/mol. The predicted molar refractivity (Wildman–Crippen MR) is 63.7 cm³/mol. The second-order valence-corrected chi connectivity index (χ2v) is 4.40. The third-order valence-electron chi connectivity index (χ3n) is 2.53. The van der Waals surface area contributed by atoms with Crippen LogP contribution in [0.5, 0.6) is 0 Å². The highest BCUT2D eigenvalue weighted by Gasteiger charge is 2.38. The fraction of sp³-hybridized carbons (Fsp3) is 0.273. The minimum atomic E-state index is -0.705. The fourth-order valence-electron chi connectivity index (χ4n) is 1.78. The highest BCUT2D eigenvalue weighted by atomic mass is 35.5. The molecule has 3 nitrogen and oxygen atoms in total. The van der Waals surface area contributed by atoms with Gasteiger partial charge in [0.05, 0.1) is 28.0 Å². The van der Waals surface area contributed by atoms with E-state index < -0.39 is 18.4 Å². The summed E-state index contributed by atoms with van der Waals surface area (Å²) in [6.07, 6.45) is 0.154. The van der Waals surface area contributed by atoms with Crippen LogP contribution in [0.1, 0.15) is 16.8 Å². The molecule has 1 amide bonds. The maximum atomic E-state index is 12.1. The van der Waals surface area contributed by atoms with E-state index in [1.54, 1.807) is 0 Å². The second kappa shape index (κ2) is 4.63. The van der Waals surface area contributed by atoms with Gasteiger partial charge in [-0.2, -0.15) is 0 Å². The molecule has 0 aromatic heterocycles. The van der Waals surface area contributed by atoms with E-state index in [1.165, 1.54) is 17.0 Å². The number of carbonyl (C=O) groups excluding carboxylic acids is 2. The van der Waals surface area contributed by atoms with Crippen molar-refractivity contribution < 1.29 is 14.0 Å². The molecule has 0 fully saturated rings. The Morgan fingerprint density at radius 2 is 1.82 bits per heavy atom. The number of benzene rings is 1. The van der Waals surface area contributed by atoms with Crippen LogP contribution in [-0.4, -0.2) is 24.9 Å². The average molecular weight is 276 g/mol. The Balaban J connectivity index is 2.52. The summed E-state index contributed by atoms with van der Waals surface area (Å²) in [7, 11) is 0. The summed E-state index contributed by atoms with van der Waals surface area (Å²) in [5, 5.41) is 0.452. The van der Waals surface area contributed by atoms with Crippen molar-refractivity contribution in [1.29, 1.82) is 0 Å². The predicted octanol–water partition coefficient (Wildman–Crippen LogP) is 2.88. The van der Waals surface area contributed by atoms with Crippen LogP contribution in [0.3, 0.4) is 0 Å². The van der Waals surface area contributed by atoms with Crippen molar-refractivity contribution in [2.45, 2.75) is 6.42 Å². The smallest absolute Gasteiger partial charge is 0.299 e. The van der Waals surface area contributed by atoms with Gasteiger partial charge in [0.25, 0.3) is 11.7 Å². The zero-order chi connectivity index (χ0) is 12.6. The molecule has 2 rings (SSSR count). The first-order valence-electron chi connectivity index (χ1n) is 4.98. The zero-order valence-corrected chi connectivity index (χ0v) is 10.2. The van der Waals surface area contributed by atoms with Gasteiger partial charge in [-0.1, -0.05) is 23.2 Å². The summed E-state index contributed by atoms with van der Waals surface area (Å²) in [5.41, 5.74) is 0.408. The van der Waals surface area contributed by atoms with Gasteiger partial charge in [0, 0.05) is 6.54 Å². The van der Waals surface area contributed by atoms with Crippen molar-refractivity contribution in [1.82, 2.24) is 0 Å². The molecule has 0 aliphatic carbocycles. The van der Waals surface area contributed by atoms with E-state index in [2.05, 4.69) is 0 Å². The first-order valence-corrected chi connectivity index (χ1v) is 5.73. The lowest BCUT2D eigenvalue weighted by atomic mass is 10.1. The summed E-state index contributed by atoms with van der Waals surface area (Å²) < 4.78 is 12.1. The second-order valence-electron chi connectivity index (χ2n) is 3.58. The van der Waals surface area contributed by atoms with Gasteiger partial charge in [-0.25, -0.2) is 0 Å². The number of anilines is 1. The molecule has 1 aromatic rings. The summed E-state index contributed by atoms with van der Waals surface area (Å²) in [5.74, 6) is -1.39. The first kappa shape index (κ1) is 12.3. The largest absolute Gasteiger partial charge is 0.303 e. The molecular formula is C11H8Cl2FNO2. The Morgan fingerprint density at radius 3 is 2.47 bits per heavy atom. The minimum absolute atomic E-state index is 0.114. The van der Waals surface area contributed by atoms with Gasteiger partial charge in [0.1, 0.15) is 0 Å². The van der Waals surface area contributed by atoms with E-state index >= 15 is 0 Å². The third kappa shape index (κ3) is 1.91. The normalized spacial score (nSPS) is 14.4. The van der Waals surface area contributed by atoms with E-state index in [9.17, 15) is 14.0 Å². The summed E-state index contributed by atoms with van der Waals surface area (Å²) in [6.45, 7) is -0.445. The Morgan fingerprint density at radius 1 is 1.18 bits per heavy atom. The summed E-state index contributed by atoms with van der Waals surface area (Å²) in [4.78, 5) is 24.6. The highest BCUT2D eigenvalue weighted by molar-refractivity contribution is 6.56. The van der Waals surface area contributed by atoms with Gasteiger partial charge in [-0.3, -0.25) is 14.0 Å². The van der Waals surface area contributed by atoms with Crippen molar-refractivity contribution in [3.8, 4) is 0 Å². The minimum Gasteiger partial charge on any atom is -0.303 e. The van der Waals surface area contributed by atoms with Crippen LogP contribution in [0, 0.1) is 0 Å². The molecule has 0 atom stereocenters. The van der Waals surface area contributed by atoms with Crippen LogP contribution in [0.25, 0.3) is 0 Å². The number of ketones is 1. The molecule has 0 saturated heterocycles. The number of amides is 1. The molecule has 6 heteroatoms. The lowest BCUT2D eigenvalue weighted by molar-refractivity contribution is -0.114. The quantitative estimate of drug-likeness (QED) is 0.796. The molecule has 0 spiro atoms. The molecule has 0 saturated carbocycles. The molecule has 0 unspecified atom stereocenters. The highest BCUT2D eigenvalue weighted by Crippen LogP contribution is 2.39. The molecule has 1 aliphatic heterocycles. The zero-order valence-electron chi connectivity index (χ0n) is 8.67. The lowest BCUT2D eigenvalue weighted by Gasteiger charge is -2.16. The number of alkyl halides is 1. The van der Waals surface area contributed by atoms with Crippen molar-refractivity contribution in [3.05, 3.63) is 27.7 Å². The van der Waals surface area contributed by atoms with Gasteiger partial charge >= 0.3 is 0 Å². The monoisotopic (exact) mass is 275 g/mol. The van der Waals surface area contributed by atoms with E-state index in [-0.39, 0.29) is 28.6 Å². The van der Waals surface area contributed by atoms with Crippen molar-refractivity contribution in [2.75, 3.05) is 18.1 Å². The van der Waals surface area contributed by atoms with Crippen LogP contribution in [-0.2, 0) is 4.79 Å². The van der Waals surface area contributed by atoms with Crippen LogP contribution in [0.2, 0.25) is 10.0 Å². The maximum absolute atomic E-state index is 12.1. The molecule has 0 N–H and O–H groups in total. The van der Waals surface area contributed by atoms with Crippen LogP contribution < -0.4 is 4.90 Å². The number of rotatable bonds is 3. The SMILES string of the molecule is O=C1C(=O)N(CCCF)c2c(Cl)ccc(Cl)c21. The molecule has 1 aromatic carbocycles. The standard InChI is InChI=1S/C11H8Cl2FNO2/c12-6-2-3-7(13)9-8(6)10(16)11(17)15(9)5-1-4-14/h2-3H,1,4-5H2. The molecule has 1 aliphatic rings. The van der Waals surface area contributed by atoms with Gasteiger partial charge in [0.15, 0.2) is 0 Å². The third-order valence-corrected chi connectivity index (χ3v) is 3.15. The van der Waals surface area contributed by atoms with Crippen molar-refractivity contribution >= 4 is 40.6 Å². The van der Waals surface area contributed by atoms with Crippen LogP contribution >= 0.6 is 23.2 Å². The Kier molecular flexibility index (Phi) is 3.35. The van der Waals surface area contributed by atoms with E-state index in [4.69, 9.17) is 23.2 Å². The topological polar surface area (TPSA) is 37.4 Å². The lowest BCUT2D eigenvalue weighted by Crippen LogP contribution is -2.31. The summed E-state index contributed by atoms with van der Waals surface area (Å²) >= 11 is 11.8. The number of hydrogen-bond acceptors (Lipinski definition) is 2. The number of nitrogens with zero attached hydrogens (tertiary/aromatic N) is 1. The number of fused-ring (bicyclic) bond motifs is 1. The number of halogens is 3.